The molecule has 1 aromatic rings. The van der Waals surface area contributed by atoms with Crippen LogP contribution in [0.15, 0.2) is 24.3 Å². The Morgan fingerprint density at radius 3 is 2.38 bits per heavy atom. The van der Waals surface area contributed by atoms with Gasteiger partial charge in [-0.3, -0.25) is 0 Å². The first kappa shape index (κ1) is 13.1. The quantitative estimate of drug-likeness (QED) is 0.803. The third kappa shape index (κ3) is 2.80. The van der Waals surface area contributed by atoms with Gasteiger partial charge in [0.25, 0.3) is 0 Å². The van der Waals surface area contributed by atoms with Crippen LogP contribution >= 0.6 is 0 Å². The third-order valence-corrected chi connectivity index (χ3v) is 3.11. The summed E-state index contributed by atoms with van der Waals surface area (Å²) in [6, 6.07) is 6.58. The molecule has 0 aromatic heterocycles. The van der Waals surface area contributed by atoms with Gasteiger partial charge in [0.1, 0.15) is 5.82 Å². The monoisotopic (exact) mass is 225 g/mol. The van der Waals surface area contributed by atoms with Gasteiger partial charge in [-0.05, 0) is 44.1 Å². The molecule has 0 heterocycles. The summed E-state index contributed by atoms with van der Waals surface area (Å²) in [7, 11) is 3.63. The van der Waals surface area contributed by atoms with Crippen LogP contribution in [0.1, 0.15) is 25.3 Å². The normalized spacial score (nSPS) is 14.8. The van der Waals surface area contributed by atoms with Crippen LogP contribution in [0.5, 0.6) is 0 Å². The second kappa shape index (κ2) is 5.97. The summed E-state index contributed by atoms with van der Waals surface area (Å²) < 4.78 is 18.5. The van der Waals surface area contributed by atoms with Gasteiger partial charge in [-0.2, -0.15) is 0 Å². The Hall–Kier alpha value is -0.930. The molecule has 0 fully saturated rings. The lowest BCUT2D eigenvalue weighted by Crippen LogP contribution is -2.31. The first-order valence-electron chi connectivity index (χ1n) is 5.64. The summed E-state index contributed by atoms with van der Waals surface area (Å²) in [6.45, 7) is 2.96. The molecule has 1 rings (SSSR count). The van der Waals surface area contributed by atoms with E-state index >= 15 is 0 Å². The maximum absolute atomic E-state index is 12.9. The van der Waals surface area contributed by atoms with Crippen molar-refractivity contribution in [2.75, 3.05) is 20.7 Å². The zero-order valence-corrected chi connectivity index (χ0v) is 10.2. The van der Waals surface area contributed by atoms with Gasteiger partial charge in [0.2, 0.25) is 0 Å². The average Bonchev–Trinajstić information content (AvgIpc) is 2.33. The molecule has 3 heteroatoms. The molecule has 0 bridgehead atoms. The summed E-state index contributed by atoms with van der Waals surface area (Å²) >= 11 is 0. The van der Waals surface area contributed by atoms with Gasteiger partial charge in [-0.25, -0.2) is 4.39 Å². The fourth-order valence-corrected chi connectivity index (χ4v) is 1.97. The Bertz CT molecular complexity index is 306. The highest BCUT2D eigenvalue weighted by atomic mass is 19.1. The fourth-order valence-electron chi connectivity index (χ4n) is 1.97. The van der Waals surface area contributed by atoms with E-state index in [1.807, 2.05) is 7.05 Å². The number of nitrogens with one attached hydrogen (secondary N) is 1. The summed E-state index contributed by atoms with van der Waals surface area (Å²) in [4.78, 5) is 0. The second-order valence-corrected chi connectivity index (χ2v) is 3.91. The van der Waals surface area contributed by atoms with Crippen LogP contribution in [-0.4, -0.2) is 20.7 Å². The molecule has 0 aliphatic rings. The molecular formula is C13H20FNO. The highest BCUT2D eigenvalue weighted by Gasteiger charge is 2.29. The van der Waals surface area contributed by atoms with E-state index in [1.54, 1.807) is 19.2 Å². The zero-order chi connectivity index (χ0) is 12.0. The Labute approximate surface area is 96.8 Å². The van der Waals surface area contributed by atoms with Crippen LogP contribution in [0.3, 0.4) is 0 Å². The minimum Gasteiger partial charge on any atom is -0.373 e. The summed E-state index contributed by atoms with van der Waals surface area (Å²) in [6.07, 6.45) is 1.75. The van der Waals surface area contributed by atoms with E-state index in [1.165, 1.54) is 12.1 Å². The Kier molecular flexibility index (Phi) is 4.90. The lowest BCUT2D eigenvalue weighted by atomic mass is 9.87. The molecular weight excluding hydrogens is 205 g/mol. The molecule has 0 aliphatic heterocycles. The van der Waals surface area contributed by atoms with Gasteiger partial charge in [-0.1, -0.05) is 19.1 Å². The number of hydrogen-bond acceptors (Lipinski definition) is 2. The zero-order valence-electron chi connectivity index (χ0n) is 10.2. The molecule has 0 saturated heterocycles. The lowest BCUT2D eigenvalue weighted by molar-refractivity contribution is -0.0249. The van der Waals surface area contributed by atoms with E-state index in [0.717, 1.165) is 24.9 Å². The standard InChI is InChI=1S/C13H20FNO/c1-4-13(16-3,9-10-15-2)11-5-7-12(14)8-6-11/h5-8,15H,4,9-10H2,1-3H3. The maximum atomic E-state index is 12.9. The van der Waals surface area contributed by atoms with Crippen molar-refractivity contribution in [1.29, 1.82) is 0 Å². The Balaban J connectivity index is 2.95. The molecule has 1 aromatic carbocycles. The number of halogens is 1. The Morgan fingerprint density at radius 2 is 1.94 bits per heavy atom. The molecule has 90 valence electrons. The number of hydrogen-bond donors (Lipinski definition) is 1. The smallest absolute Gasteiger partial charge is 0.123 e. The van der Waals surface area contributed by atoms with E-state index in [0.29, 0.717) is 0 Å². The van der Waals surface area contributed by atoms with Crippen LogP contribution in [-0.2, 0) is 10.3 Å². The highest BCUT2D eigenvalue weighted by molar-refractivity contribution is 5.23. The van der Waals surface area contributed by atoms with Crippen LogP contribution in [0.2, 0.25) is 0 Å². The van der Waals surface area contributed by atoms with E-state index in [-0.39, 0.29) is 11.4 Å². The van der Waals surface area contributed by atoms with Gasteiger partial charge in [0.15, 0.2) is 0 Å². The summed E-state index contributed by atoms with van der Waals surface area (Å²) in [5.41, 5.74) is 0.727. The molecule has 1 N–H and O–H groups in total. The van der Waals surface area contributed by atoms with Crippen molar-refractivity contribution in [2.45, 2.75) is 25.4 Å². The minimum atomic E-state index is -0.309. The largest absolute Gasteiger partial charge is 0.373 e. The highest BCUT2D eigenvalue weighted by Crippen LogP contribution is 2.32. The predicted octanol–water partition coefficient (Wildman–Crippen LogP) is 2.69. The van der Waals surface area contributed by atoms with Crippen LogP contribution in [0.4, 0.5) is 4.39 Å². The molecule has 0 amide bonds. The molecule has 16 heavy (non-hydrogen) atoms. The van der Waals surface area contributed by atoms with E-state index in [9.17, 15) is 4.39 Å². The number of benzene rings is 1. The van der Waals surface area contributed by atoms with Crippen molar-refractivity contribution in [3.8, 4) is 0 Å². The molecule has 0 aliphatic carbocycles. The van der Waals surface area contributed by atoms with E-state index in [4.69, 9.17) is 4.74 Å². The van der Waals surface area contributed by atoms with Gasteiger partial charge in [-0.15, -0.1) is 0 Å². The van der Waals surface area contributed by atoms with E-state index < -0.39 is 0 Å². The second-order valence-electron chi connectivity index (χ2n) is 3.91. The molecule has 2 nitrogen and oxygen atoms in total. The summed E-state index contributed by atoms with van der Waals surface area (Å²) in [5.74, 6) is -0.210. The predicted molar refractivity (Wildman–Crippen MR) is 63.9 cm³/mol. The molecule has 0 radical (unpaired) electrons. The van der Waals surface area contributed by atoms with Crippen molar-refractivity contribution in [2.24, 2.45) is 0 Å². The number of methoxy groups -OCH3 is 1. The average molecular weight is 225 g/mol. The molecule has 0 saturated carbocycles. The SMILES string of the molecule is CCC(CCNC)(OC)c1ccc(F)cc1. The van der Waals surface area contributed by atoms with Crippen LogP contribution in [0.25, 0.3) is 0 Å². The molecule has 1 unspecified atom stereocenters. The lowest BCUT2D eigenvalue weighted by Gasteiger charge is -2.32. The van der Waals surface area contributed by atoms with Crippen molar-refractivity contribution in [3.63, 3.8) is 0 Å². The first-order valence-corrected chi connectivity index (χ1v) is 5.64. The minimum absolute atomic E-state index is 0.210. The summed E-state index contributed by atoms with van der Waals surface area (Å²) in [5, 5.41) is 3.12. The first-order chi connectivity index (χ1) is 7.68. The maximum Gasteiger partial charge on any atom is 0.123 e. The van der Waals surface area contributed by atoms with E-state index in [2.05, 4.69) is 12.2 Å². The van der Waals surface area contributed by atoms with Crippen molar-refractivity contribution in [3.05, 3.63) is 35.6 Å². The van der Waals surface area contributed by atoms with Gasteiger partial charge < -0.3 is 10.1 Å². The van der Waals surface area contributed by atoms with Gasteiger partial charge in [0.05, 0.1) is 5.60 Å². The van der Waals surface area contributed by atoms with Crippen LogP contribution < -0.4 is 5.32 Å². The van der Waals surface area contributed by atoms with Gasteiger partial charge in [0, 0.05) is 7.11 Å². The fraction of sp³-hybridized carbons (Fsp3) is 0.538. The van der Waals surface area contributed by atoms with Crippen LogP contribution in [0, 0.1) is 5.82 Å². The topological polar surface area (TPSA) is 21.3 Å². The molecule has 0 spiro atoms. The van der Waals surface area contributed by atoms with Crippen molar-refractivity contribution < 1.29 is 9.13 Å². The van der Waals surface area contributed by atoms with Crippen molar-refractivity contribution in [1.82, 2.24) is 5.32 Å². The number of ether oxygens (including phenoxy) is 1. The van der Waals surface area contributed by atoms with Crippen molar-refractivity contribution >= 4 is 0 Å². The van der Waals surface area contributed by atoms with Gasteiger partial charge >= 0.3 is 0 Å². The Morgan fingerprint density at radius 1 is 1.31 bits per heavy atom. The number of rotatable bonds is 6. The third-order valence-electron chi connectivity index (χ3n) is 3.11. The molecule has 1 atom stereocenters.